The molecule has 0 saturated heterocycles. The number of halogens is 2. The maximum absolute atomic E-state index is 12.0. The van der Waals surface area contributed by atoms with E-state index < -0.39 is 6.61 Å². The predicted octanol–water partition coefficient (Wildman–Crippen LogP) is 3.53. The van der Waals surface area contributed by atoms with Crippen LogP contribution in [0.5, 0.6) is 5.75 Å². The molecule has 1 aromatic carbocycles. The first-order valence-electron chi connectivity index (χ1n) is 6.49. The van der Waals surface area contributed by atoms with Crippen LogP contribution in [0.25, 0.3) is 0 Å². The van der Waals surface area contributed by atoms with E-state index in [-0.39, 0.29) is 11.8 Å². The van der Waals surface area contributed by atoms with Crippen molar-refractivity contribution in [2.75, 3.05) is 19.8 Å². The summed E-state index contributed by atoms with van der Waals surface area (Å²) in [5, 5.41) is 3.29. The summed E-state index contributed by atoms with van der Waals surface area (Å²) in [5.41, 5.74) is 2.00. The Labute approximate surface area is 118 Å². The van der Waals surface area contributed by atoms with Crippen molar-refractivity contribution in [3.8, 4) is 5.75 Å². The molecule has 0 amide bonds. The molecule has 0 aromatic heterocycles. The van der Waals surface area contributed by atoms with Crippen LogP contribution in [-0.4, -0.2) is 26.4 Å². The van der Waals surface area contributed by atoms with E-state index in [1.54, 1.807) is 12.1 Å². The molecule has 1 unspecified atom stereocenters. The minimum Gasteiger partial charge on any atom is -0.435 e. The van der Waals surface area contributed by atoms with Crippen molar-refractivity contribution in [3.05, 3.63) is 42.0 Å². The van der Waals surface area contributed by atoms with Gasteiger partial charge in [-0.3, -0.25) is 0 Å². The summed E-state index contributed by atoms with van der Waals surface area (Å²) in [5.74, 6) is 0.167. The Kier molecular flexibility index (Phi) is 7.18. The first-order valence-corrected chi connectivity index (χ1v) is 6.49. The number of ether oxygens (including phenoxy) is 2. The third kappa shape index (κ3) is 6.63. The van der Waals surface area contributed by atoms with Gasteiger partial charge < -0.3 is 14.8 Å². The molecule has 20 heavy (non-hydrogen) atoms. The third-order valence-electron chi connectivity index (χ3n) is 2.65. The van der Waals surface area contributed by atoms with Crippen LogP contribution in [0.15, 0.2) is 36.4 Å². The average Bonchev–Trinajstić information content (AvgIpc) is 2.38. The maximum atomic E-state index is 12.0. The predicted molar refractivity (Wildman–Crippen MR) is 75.1 cm³/mol. The molecule has 0 heterocycles. The highest BCUT2D eigenvalue weighted by molar-refractivity contribution is 5.28. The van der Waals surface area contributed by atoms with Crippen molar-refractivity contribution < 1.29 is 18.3 Å². The number of hydrogen-bond donors (Lipinski definition) is 1. The van der Waals surface area contributed by atoms with Gasteiger partial charge in [0.1, 0.15) is 5.75 Å². The Balaban J connectivity index is 2.32. The van der Waals surface area contributed by atoms with Gasteiger partial charge in [-0.1, -0.05) is 24.3 Å². The Morgan fingerprint density at radius 2 is 1.95 bits per heavy atom. The quantitative estimate of drug-likeness (QED) is 0.556. The van der Waals surface area contributed by atoms with E-state index in [1.807, 2.05) is 13.8 Å². The summed E-state index contributed by atoms with van der Waals surface area (Å²) >= 11 is 0. The first kappa shape index (κ1) is 16.6. The lowest BCUT2D eigenvalue weighted by Crippen LogP contribution is -2.23. The highest BCUT2D eigenvalue weighted by atomic mass is 19.3. The van der Waals surface area contributed by atoms with Gasteiger partial charge >= 0.3 is 6.61 Å². The van der Waals surface area contributed by atoms with Gasteiger partial charge in [0.2, 0.25) is 0 Å². The standard InChI is InChI=1S/C15H21F2NO2/c1-11(2)10-19-9-8-18-12(3)13-4-6-14(7-5-13)20-15(16)17/h4-7,12,15,18H,1,8-10H2,2-3H3. The summed E-state index contributed by atoms with van der Waals surface area (Å²) in [4.78, 5) is 0. The topological polar surface area (TPSA) is 30.5 Å². The van der Waals surface area contributed by atoms with Crippen molar-refractivity contribution in [3.63, 3.8) is 0 Å². The van der Waals surface area contributed by atoms with E-state index in [0.717, 1.165) is 11.1 Å². The largest absolute Gasteiger partial charge is 0.435 e. The molecule has 3 nitrogen and oxygen atoms in total. The summed E-state index contributed by atoms with van der Waals surface area (Å²) < 4.78 is 33.7. The van der Waals surface area contributed by atoms with Crippen LogP contribution < -0.4 is 10.1 Å². The van der Waals surface area contributed by atoms with Gasteiger partial charge in [-0.2, -0.15) is 8.78 Å². The van der Waals surface area contributed by atoms with Crippen molar-refractivity contribution in [1.29, 1.82) is 0 Å². The molecule has 1 aromatic rings. The second kappa shape index (κ2) is 8.66. The van der Waals surface area contributed by atoms with Crippen LogP contribution in [0.3, 0.4) is 0 Å². The van der Waals surface area contributed by atoms with E-state index in [4.69, 9.17) is 4.74 Å². The van der Waals surface area contributed by atoms with Crippen molar-refractivity contribution in [2.24, 2.45) is 0 Å². The summed E-state index contributed by atoms with van der Waals surface area (Å²) in [6, 6.07) is 6.73. The smallest absolute Gasteiger partial charge is 0.387 e. The zero-order chi connectivity index (χ0) is 15.0. The second-order valence-electron chi connectivity index (χ2n) is 4.63. The number of alkyl halides is 2. The molecule has 112 valence electrons. The van der Waals surface area contributed by atoms with Crippen LogP contribution in [0.1, 0.15) is 25.5 Å². The highest BCUT2D eigenvalue weighted by Crippen LogP contribution is 2.18. The van der Waals surface area contributed by atoms with Gasteiger partial charge in [0.15, 0.2) is 0 Å². The Hall–Kier alpha value is -1.46. The van der Waals surface area contributed by atoms with Crippen molar-refractivity contribution >= 4 is 0 Å². The fourth-order valence-corrected chi connectivity index (χ4v) is 1.65. The third-order valence-corrected chi connectivity index (χ3v) is 2.65. The molecule has 0 saturated carbocycles. The number of rotatable bonds is 9. The number of hydrogen-bond acceptors (Lipinski definition) is 3. The fourth-order valence-electron chi connectivity index (χ4n) is 1.65. The minimum absolute atomic E-state index is 0.115. The Morgan fingerprint density at radius 1 is 1.30 bits per heavy atom. The van der Waals surface area contributed by atoms with Gasteiger partial charge in [-0.25, -0.2) is 0 Å². The zero-order valence-electron chi connectivity index (χ0n) is 11.9. The monoisotopic (exact) mass is 285 g/mol. The molecule has 5 heteroatoms. The molecule has 0 fully saturated rings. The molecule has 0 aliphatic carbocycles. The fraction of sp³-hybridized carbons (Fsp3) is 0.467. The molecule has 0 bridgehead atoms. The maximum Gasteiger partial charge on any atom is 0.387 e. The normalized spacial score (nSPS) is 12.4. The van der Waals surface area contributed by atoms with Crippen molar-refractivity contribution in [2.45, 2.75) is 26.5 Å². The summed E-state index contributed by atoms with van der Waals surface area (Å²) in [7, 11) is 0. The van der Waals surface area contributed by atoms with Crippen LogP contribution in [0.2, 0.25) is 0 Å². The summed E-state index contributed by atoms with van der Waals surface area (Å²) in [6.45, 7) is 6.76. The highest BCUT2D eigenvalue weighted by Gasteiger charge is 2.07. The Bertz CT molecular complexity index is 407. The van der Waals surface area contributed by atoms with E-state index >= 15 is 0 Å². The molecular weight excluding hydrogens is 264 g/mol. The average molecular weight is 285 g/mol. The Morgan fingerprint density at radius 3 is 2.50 bits per heavy atom. The van der Waals surface area contributed by atoms with E-state index in [0.29, 0.717) is 19.8 Å². The lowest BCUT2D eigenvalue weighted by atomic mass is 10.1. The van der Waals surface area contributed by atoms with Gasteiger partial charge in [-0.05, 0) is 31.5 Å². The second-order valence-corrected chi connectivity index (χ2v) is 4.63. The SMILES string of the molecule is C=C(C)COCCNC(C)c1ccc(OC(F)F)cc1. The van der Waals surface area contributed by atoms with Crippen molar-refractivity contribution in [1.82, 2.24) is 5.32 Å². The lowest BCUT2D eigenvalue weighted by Gasteiger charge is -2.15. The van der Waals surface area contributed by atoms with Crippen LogP contribution >= 0.6 is 0 Å². The van der Waals surface area contributed by atoms with E-state index in [9.17, 15) is 8.78 Å². The molecular formula is C15H21F2NO2. The molecule has 1 N–H and O–H groups in total. The summed E-state index contributed by atoms with van der Waals surface area (Å²) in [6.07, 6.45) is 0. The first-order chi connectivity index (χ1) is 9.49. The molecule has 0 radical (unpaired) electrons. The minimum atomic E-state index is -2.79. The number of nitrogens with one attached hydrogen (secondary N) is 1. The van der Waals surface area contributed by atoms with Crippen LogP contribution in [0.4, 0.5) is 8.78 Å². The molecule has 1 atom stereocenters. The van der Waals surface area contributed by atoms with Gasteiger partial charge in [0.25, 0.3) is 0 Å². The van der Waals surface area contributed by atoms with Crippen LogP contribution in [0, 0.1) is 0 Å². The molecule has 0 spiro atoms. The van der Waals surface area contributed by atoms with Crippen LogP contribution in [-0.2, 0) is 4.74 Å². The van der Waals surface area contributed by atoms with Gasteiger partial charge in [0.05, 0.1) is 13.2 Å². The lowest BCUT2D eigenvalue weighted by molar-refractivity contribution is -0.0498. The molecule has 1 rings (SSSR count). The molecule has 0 aliphatic rings. The van der Waals surface area contributed by atoms with Gasteiger partial charge in [0, 0.05) is 12.6 Å². The van der Waals surface area contributed by atoms with E-state index in [1.165, 1.54) is 12.1 Å². The van der Waals surface area contributed by atoms with E-state index in [2.05, 4.69) is 16.6 Å². The molecule has 0 aliphatic heterocycles. The number of benzene rings is 1. The zero-order valence-corrected chi connectivity index (χ0v) is 11.9. The van der Waals surface area contributed by atoms with Gasteiger partial charge in [-0.15, -0.1) is 0 Å².